The van der Waals surface area contributed by atoms with E-state index in [4.69, 9.17) is 10.2 Å². The van der Waals surface area contributed by atoms with Crippen LogP contribution in [0.25, 0.3) is 0 Å². The van der Waals surface area contributed by atoms with E-state index in [1.165, 1.54) is 6.26 Å². The number of oxazole rings is 1. The molecule has 22 heavy (non-hydrogen) atoms. The van der Waals surface area contributed by atoms with Gasteiger partial charge in [0.05, 0.1) is 6.04 Å². The SMILES string of the molecule is CCCCC(N)c1nc(C(=O)NCc2ccc(Br)cc2)co1. The minimum atomic E-state index is -0.263. The third kappa shape index (κ3) is 4.68. The fraction of sp³-hybridized carbons (Fsp3) is 0.375. The van der Waals surface area contributed by atoms with Crippen molar-refractivity contribution < 1.29 is 9.21 Å². The highest BCUT2D eigenvalue weighted by Gasteiger charge is 2.16. The van der Waals surface area contributed by atoms with Gasteiger partial charge in [-0.15, -0.1) is 0 Å². The number of nitrogens with zero attached hydrogens (tertiary/aromatic N) is 1. The van der Waals surface area contributed by atoms with Crippen LogP contribution in [-0.2, 0) is 6.54 Å². The quantitative estimate of drug-likeness (QED) is 0.785. The molecule has 1 aromatic heterocycles. The third-order valence-electron chi connectivity index (χ3n) is 3.31. The lowest BCUT2D eigenvalue weighted by Crippen LogP contribution is -2.23. The molecule has 0 fully saturated rings. The van der Waals surface area contributed by atoms with Crippen molar-refractivity contribution in [1.82, 2.24) is 10.3 Å². The number of hydrogen-bond acceptors (Lipinski definition) is 4. The van der Waals surface area contributed by atoms with Crippen LogP contribution in [0, 0.1) is 0 Å². The largest absolute Gasteiger partial charge is 0.446 e. The van der Waals surface area contributed by atoms with Crippen molar-refractivity contribution in [1.29, 1.82) is 0 Å². The van der Waals surface area contributed by atoms with Crippen molar-refractivity contribution in [3.63, 3.8) is 0 Å². The average Bonchev–Trinajstić information content (AvgIpc) is 3.02. The molecule has 6 heteroatoms. The van der Waals surface area contributed by atoms with Crippen LogP contribution in [0.2, 0.25) is 0 Å². The first kappa shape index (κ1) is 16.7. The van der Waals surface area contributed by atoms with Crippen LogP contribution in [0.1, 0.15) is 54.2 Å². The summed E-state index contributed by atoms with van der Waals surface area (Å²) in [5.74, 6) is 0.155. The van der Waals surface area contributed by atoms with E-state index >= 15 is 0 Å². The summed E-state index contributed by atoms with van der Waals surface area (Å²) >= 11 is 3.37. The summed E-state index contributed by atoms with van der Waals surface area (Å²) in [5.41, 5.74) is 7.26. The van der Waals surface area contributed by atoms with E-state index in [2.05, 4.69) is 33.2 Å². The van der Waals surface area contributed by atoms with Crippen LogP contribution in [0.3, 0.4) is 0 Å². The molecule has 1 unspecified atom stereocenters. The van der Waals surface area contributed by atoms with Crippen LogP contribution in [-0.4, -0.2) is 10.9 Å². The zero-order valence-electron chi connectivity index (χ0n) is 12.5. The molecule has 1 atom stereocenters. The molecule has 0 radical (unpaired) electrons. The first-order valence-electron chi connectivity index (χ1n) is 7.33. The maximum Gasteiger partial charge on any atom is 0.273 e. The molecule has 0 aliphatic carbocycles. The number of carbonyl (C=O) groups is 1. The van der Waals surface area contributed by atoms with Crippen molar-refractivity contribution in [3.8, 4) is 0 Å². The number of amides is 1. The van der Waals surface area contributed by atoms with Crippen molar-refractivity contribution in [2.75, 3.05) is 0 Å². The highest BCUT2D eigenvalue weighted by atomic mass is 79.9. The zero-order valence-corrected chi connectivity index (χ0v) is 14.1. The number of carbonyl (C=O) groups excluding carboxylic acids is 1. The lowest BCUT2D eigenvalue weighted by Gasteiger charge is -2.05. The first-order valence-corrected chi connectivity index (χ1v) is 8.13. The van der Waals surface area contributed by atoms with Gasteiger partial charge in [0, 0.05) is 11.0 Å². The van der Waals surface area contributed by atoms with Gasteiger partial charge >= 0.3 is 0 Å². The maximum absolute atomic E-state index is 12.1. The Morgan fingerprint density at radius 3 is 2.82 bits per heavy atom. The van der Waals surface area contributed by atoms with Crippen molar-refractivity contribution in [3.05, 3.63) is 52.1 Å². The molecule has 118 valence electrons. The Morgan fingerprint density at radius 2 is 2.14 bits per heavy atom. The average molecular weight is 366 g/mol. The molecule has 1 aromatic carbocycles. The second-order valence-corrected chi connectivity index (χ2v) is 6.04. The van der Waals surface area contributed by atoms with Gasteiger partial charge in [0.15, 0.2) is 5.69 Å². The highest BCUT2D eigenvalue weighted by molar-refractivity contribution is 9.10. The third-order valence-corrected chi connectivity index (χ3v) is 3.84. The van der Waals surface area contributed by atoms with Crippen LogP contribution < -0.4 is 11.1 Å². The number of aromatic nitrogens is 1. The van der Waals surface area contributed by atoms with E-state index in [-0.39, 0.29) is 17.6 Å². The Hall–Kier alpha value is -1.66. The molecule has 0 bridgehead atoms. The Labute approximate surface area is 138 Å². The minimum absolute atomic E-state index is 0.257. The molecule has 0 aliphatic heterocycles. The molecule has 1 amide bonds. The van der Waals surface area contributed by atoms with Gasteiger partial charge in [-0.1, -0.05) is 47.8 Å². The maximum atomic E-state index is 12.1. The van der Waals surface area contributed by atoms with Crippen LogP contribution >= 0.6 is 15.9 Å². The second-order valence-electron chi connectivity index (χ2n) is 5.13. The van der Waals surface area contributed by atoms with E-state index < -0.39 is 0 Å². The molecule has 5 nitrogen and oxygen atoms in total. The second kappa shape index (κ2) is 8.10. The Bertz CT molecular complexity index is 610. The first-order chi connectivity index (χ1) is 10.6. The van der Waals surface area contributed by atoms with Crippen molar-refractivity contribution in [2.24, 2.45) is 5.73 Å². The molecular formula is C16H20BrN3O2. The molecule has 0 aliphatic rings. The fourth-order valence-corrected chi connectivity index (χ4v) is 2.25. The smallest absolute Gasteiger partial charge is 0.273 e. The number of nitrogens with two attached hydrogens (primary N) is 1. The van der Waals surface area contributed by atoms with E-state index in [1.807, 2.05) is 24.3 Å². The number of benzene rings is 1. The lowest BCUT2D eigenvalue weighted by molar-refractivity contribution is 0.0946. The van der Waals surface area contributed by atoms with Gasteiger partial charge in [0.1, 0.15) is 6.26 Å². The molecule has 3 N–H and O–H groups in total. The summed E-state index contributed by atoms with van der Waals surface area (Å²) in [6, 6.07) is 7.50. The zero-order chi connectivity index (χ0) is 15.9. The van der Waals surface area contributed by atoms with Crippen LogP contribution in [0.15, 0.2) is 39.4 Å². The summed E-state index contributed by atoms with van der Waals surface area (Å²) in [6.45, 7) is 2.54. The molecule has 0 saturated carbocycles. The molecular weight excluding hydrogens is 346 g/mol. The summed E-state index contributed by atoms with van der Waals surface area (Å²) < 4.78 is 6.31. The Kier molecular flexibility index (Phi) is 6.15. The van der Waals surface area contributed by atoms with Crippen molar-refractivity contribution in [2.45, 2.75) is 38.8 Å². The number of unbranched alkanes of at least 4 members (excludes halogenated alkanes) is 1. The summed E-state index contributed by atoms with van der Waals surface area (Å²) in [6.07, 6.45) is 4.23. The number of nitrogens with one attached hydrogen (secondary N) is 1. The fourth-order valence-electron chi connectivity index (χ4n) is 1.98. The molecule has 0 spiro atoms. The molecule has 0 saturated heterocycles. The number of rotatable bonds is 7. The van der Waals surface area contributed by atoms with E-state index in [9.17, 15) is 4.79 Å². The summed E-state index contributed by atoms with van der Waals surface area (Å²) in [4.78, 5) is 16.2. The van der Waals surface area contributed by atoms with Gasteiger partial charge in [0.2, 0.25) is 5.89 Å². The summed E-state index contributed by atoms with van der Waals surface area (Å²) in [5, 5.41) is 2.81. The van der Waals surface area contributed by atoms with Crippen molar-refractivity contribution >= 4 is 21.8 Å². The molecule has 1 heterocycles. The predicted molar refractivity (Wildman–Crippen MR) is 88.3 cm³/mol. The summed E-state index contributed by atoms with van der Waals surface area (Å²) in [7, 11) is 0. The number of hydrogen-bond donors (Lipinski definition) is 2. The Balaban J connectivity index is 1.90. The minimum Gasteiger partial charge on any atom is -0.446 e. The van der Waals surface area contributed by atoms with Gasteiger partial charge in [-0.25, -0.2) is 4.98 Å². The van der Waals surface area contributed by atoms with Gasteiger partial charge < -0.3 is 15.5 Å². The van der Waals surface area contributed by atoms with Gasteiger partial charge in [-0.2, -0.15) is 0 Å². The monoisotopic (exact) mass is 365 g/mol. The van der Waals surface area contributed by atoms with Crippen LogP contribution in [0.4, 0.5) is 0 Å². The standard InChI is InChI=1S/C16H20BrN3O2/c1-2-3-4-13(18)16-20-14(10-22-16)15(21)19-9-11-5-7-12(17)8-6-11/h5-8,10,13H,2-4,9,18H2,1H3,(H,19,21). The van der Waals surface area contributed by atoms with E-state index in [0.717, 1.165) is 29.3 Å². The lowest BCUT2D eigenvalue weighted by atomic mass is 10.1. The normalized spacial score (nSPS) is 12.1. The van der Waals surface area contributed by atoms with Gasteiger partial charge in [-0.05, 0) is 24.1 Å². The van der Waals surface area contributed by atoms with E-state index in [1.54, 1.807) is 0 Å². The van der Waals surface area contributed by atoms with Gasteiger partial charge in [-0.3, -0.25) is 4.79 Å². The van der Waals surface area contributed by atoms with Gasteiger partial charge in [0.25, 0.3) is 5.91 Å². The number of halogens is 1. The Morgan fingerprint density at radius 1 is 1.41 bits per heavy atom. The van der Waals surface area contributed by atoms with E-state index in [0.29, 0.717) is 12.4 Å². The van der Waals surface area contributed by atoms with Crippen LogP contribution in [0.5, 0.6) is 0 Å². The molecule has 2 rings (SSSR count). The predicted octanol–water partition coefficient (Wildman–Crippen LogP) is 3.56. The molecule has 2 aromatic rings. The topological polar surface area (TPSA) is 81.1 Å². The highest BCUT2D eigenvalue weighted by Crippen LogP contribution is 2.16.